The lowest BCUT2D eigenvalue weighted by atomic mass is 10.2. The number of benzene rings is 1. The fraction of sp³-hybridized carbons (Fsp3) is 0.333. The van der Waals surface area contributed by atoms with Crippen LogP contribution in [-0.2, 0) is 0 Å². The van der Waals surface area contributed by atoms with Gasteiger partial charge in [0, 0.05) is 6.07 Å². The van der Waals surface area contributed by atoms with E-state index in [4.69, 9.17) is 0 Å². The summed E-state index contributed by atoms with van der Waals surface area (Å²) in [7, 11) is 0. The molecule has 0 aliphatic rings. The van der Waals surface area contributed by atoms with Crippen molar-refractivity contribution in [1.82, 2.24) is 0 Å². The summed E-state index contributed by atoms with van der Waals surface area (Å²) in [5.41, 5.74) is 1.66. The Morgan fingerprint density at radius 3 is 2.54 bits per heavy atom. The molecule has 3 nitrogen and oxygen atoms in total. The SMILES string of the molecule is CC(C)[NH+]([O-])c1ccccc1NI. The van der Waals surface area contributed by atoms with Crippen LogP contribution < -0.4 is 8.59 Å². The first kappa shape index (κ1) is 10.7. The van der Waals surface area contributed by atoms with Gasteiger partial charge in [0.15, 0.2) is 5.69 Å². The molecule has 0 aliphatic heterocycles. The van der Waals surface area contributed by atoms with E-state index in [1.807, 2.05) is 61.0 Å². The molecule has 1 aromatic carbocycles. The van der Waals surface area contributed by atoms with Gasteiger partial charge in [-0.15, -0.1) is 0 Å². The number of hydrogen-bond donors (Lipinski definition) is 2. The van der Waals surface area contributed by atoms with E-state index < -0.39 is 0 Å². The highest BCUT2D eigenvalue weighted by molar-refractivity contribution is 14.1. The van der Waals surface area contributed by atoms with Gasteiger partial charge < -0.3 is 13.8 Å². The number of anilines is 1. The van der Waals surface area contributed by atoms with Gasteiger partial charge in [0.25, 0.3) is 0 Å². The van der Waals surface area contributed by atoms with Gasteiger partial charge in [0.1, 0.15) is 5.69 Å². The van der Waals surface area contributed by atoms with E-state index in [0.717, 1.165) is 11.4 Å². The Labute approximate surface area is 92.2 Å². The van der Waals surface area contributed by atoms with Crippen molar-refractivity contribution in [3.05, 3.63) is 29.5 Å². The number of hydrogen-bond acceptors (Lipinski definition) is 2. The number of para-hydroxylation sites is 2. The first-order valence-corrected chi connectivity index (χ1v) is 5.24. The van der Waals surface area contributed by atoms with Crippen molar-refractivity contribution >= 4 is 34.2 Å². The number of halogens is 1. The molecule has 1 atom stereocenters. The second kappa shape index (κ2) is 4.78. The Morgan fingerprint density at radius 2 is 2.00 bits per heavy atom. The van der Waals surface area contributed by atoms with Gasteiger partial charge in [-0.05, 0) is 19.9 Å². The average Bonchev–Trinajstić information content (AvgIpc) is 2.16. The van der Waals surface area contributed by atoms with Crippen LogP contribution in [0.2, 0.25) is 0 Å². The average molecular weight is 292 g/mol. The van der Waals surface area contributed by atoms with Crippen LogP contribution in [0.3, 0.4) is 0 Å². The molecule has 0 amide bonds. The maximum Gasteiger partial charge on any atom is 0.155 e. The van der Waals surface area contributed by atoms with Gasteiger partial charge >= 0.3 is 0 Å². The van der Waals surface area contributed by atoms with Gasteiger partial charge in [-0.2, -0.15) is 0 Å². The molecular formula is C9H13IN2O. The third-order valence-corrected chi connectivity index (χ3v) is 2.40. The molecule has 2 N–H and O–H groups in total. The molecule has 0 fully saturated rings. The molecule has 0 bridgehead atoms. The molecule has 13 heavy (non-hydrogen) atoms. The van der Waals surface area contributed by atoms with E-state index in [0.29, 0.717) is 0 Å². The third kappa shape index (κ3) is 2.55. The molecule has 1 rings (SSSR count). The van der Waals surface area contributed by atoms with Crippen molar-refractivity contribution in [2.75, 3.05) is 3.53 Å². The monoisotopic (exact) mass is 292 g/mol. The topological polar surface area (TPSA) is 39.5 Å². The number of hydroxylamine groups is 1. The van der Waals surface area contributed by atoms with Crippen LogP contribution in [-0.4, -0.2) is 6.04 Å². The van der Waals surface area contributed by atoms with Crippen LogP contribution in [0, 0.1) is 5.21 Å². The summed E-state index contributed by atoms with van der Waals surface area (Å²) in [5, 5.41) is 11.9. The summed E-state index contributed by atoms with van der Waals surface area (Å²) < 4.78 is 2.98. The van der Waals surface area contributed by atoms with E-state index >= 15 is 0 Å². The van der Waals surface area contributed by atoms with Crippen molar-refractivity contribution in [1.29, 1.82) is 0 Å². The minimum absolute atomic E-state index is 0.0471. The van der Waals surface area contributed by atoms with E-state index in [-0.39, 0.29) is 11.1 Å². The number of nitrogens with one attached hydrogen (secondary N) is 2. The second-order valence-corrected chi connectivity index (χ2v) is 3.70. The van der Waals surface area contributed by atoms with Gasteiger partial charge in [-0.3, -0.25) is 0 Å². The van der Waals surface area contributed by atoms with Gasteiger partial charge in [-0.25, -0.2) is 0 Å². The van der Waals surface area contributed by atoms with Crippen molar-refractivity contribution in [3.8, 4) is 0 Å². The predicted molar refractivity (Wildman–Crippen MR) is 63.2 cm³/mol. The van der Waals surface area contributed by atoms with Crippen LogP contribution in [0.25, 0.3) is 0 Å². The lowest BCUT2D eigenvalue weighted by molar-refractivity contribution is -0.801. The highest BCUT2D eigenvalue weighted by atomic mass is 127. The molecule has 0 radical (unpaired) electrons. The van der Waals surface area contributed by atoms with Crippen molar-refractivity contribution < 1.29 is 5.06 Å². The van der Waals surface area contributed by atoms with Crippen molar-refractivity contribution in [2.24, 2.45) is 0 Å². The van der Waals surface area contributed by atoms with Crippen LogP contribution in [0.15, 0.2) is 24.3 Å². The van der Waals surface area contributed by atoms with E-state index in [1.165, 1.54) is 0 Å². The minimum Gasteiger partial charge on any atom is -0.629 e. The molecule has 1 unspecified atom stereocenters. The number of quaternary nitrogens is 1. The molecule has 1 aromatic rings. The van der Waals surface area contributed by atoms with Gasteiger partial charge in [-0.1, -0.05) is 12.1 Å². The summed E-state index contributed by atoms with van der Waals surface area (Å²) in [4.78, 5) is 0. The Morgan fingerprint density at radius 1 is 1.38 bits per heavy atom. The standard InChI is InChI=1S/C9H13IN2O/c1-7(2)12(13)9-6-4-3-5-8(9)11-10/h3-7,11-12H,1-2H3. The van der Waals surface area contributed by atoms with Crippen molar-refractivity contribution in [3.63, 3.8) is 0 Å². The van der Waals surface area contributed by atoms with Crippen molar-refractivity contribution in [2.45, 2.75) is 19.9 Å². The van der Waals surface area contributed by atoms with Gasteiger partial charge in [0.2, 0.25) is 0 Å². The van der Waals surface area contributed by atoms with Crippen LogP contribution >= 0.6 is 22.9 Å². The molecule has 4 heteroatoms. The number of rotatable bonds is 3. The minimum atomic E-state index is 0.0471. The summed E-state index contributed by atoms with van der Waals surface area (Å²) in [6.45, 7) is 3.82. The first-order chi connectivity index (χ1) is 6.16. The molecule has 0 heterocycles. The maximum atomic E-state index is 11.7. The second-order valence-electron chi connectivity index (χ2n) is 3.16. The normalized spacial score (nSPS) is 13.0. The van der Waals surface area contributed by atoms with E-state index in [9.17, 15) is 5.21 Å². The Kier molecular flexibility index (Phi) is 3.95. The molecule has 0 saturated heterocycles. The zero-order chi connectivity index (χ0) is 9.84. The van der Waals surface area contributed by atoms with E-state index in [2.05, 4.69) is 3.53 Å². The highest BCUT2D eigenvalue weighted by Gasteiger charge is 2.10. The fourth-order valence-corrected chi connectivity index (χ4v) is 1.56. The molecule has 0 spiro atoms. The molecular weight excluding hydrogens is 279 g/mol. The van der Waals surface area contributed by atoms with E-state index in [1.54, 1.807) is 0 Å². The quantitative estimate of drug-likeness (QED) is 0.507. The van der Waals surface area contributed by atoms with Crippen LogP contribution in [0.4, 0.5) is 11.4 Å². The smallest absolute Gasteiger partial charge is 0.155 e. The highest BCUT2D eigenvalue weighted by Crippen LogP contribution is 2.18. The van der Waals surface area contributed by atoms with Crippen LogP contribution in [0.1, 0.15) is 13.8 Å². The summed E-state index contributed by atoms with van der Waals surface area (Å²) >= 11 is 2.03. The zero-order valence-corrected chi connectivity index (χ0v) is 9.83. The Hall–Kier alpha value is -0.330. The maximum absolute atomic E-state index is 11.7. The largest absolute Gasteiger partial charge is 0.629 e. The molecule has 0 saturated carbocycles. The summed E-state index contributed by atoms with van der Waals surface area (Å²) in [6.07, 6.45) is 0. The summed E-state index contributed by atoms with van der Waals surface area (Å²) in [5.74, 6) is 0. The lowest BCUT2D eigenvalue weighted by Gasteiger charge is -2.27. The zero-order valence-electron chi connectivity index (χ0n) is 7.67. The third-order valence-electron chi connectivity index (χ3n) is 1.82. The fourth-order valence-electron chi connectivity index (χ4n) is 1.09. The Bertz CT molecular complexity index is 278. The summed E-state index contributed by atoms with van der Waals surface area (Å²) in [6, 6.07) is 7.60. The molecule has 0 aliphatic carbocycles. The Balaban J connectivity index is 2.98. The first-order valence-electron chi connectivity index (χ1n) is 4.16. The lowest BCUT2D eigenvalue weighted by Crippen LogP contribution is -3.05. The van der Waals surface area contributed by atoms with Crippen LogP contribution in [0.5, 0.6) is 0 Å². The predicted octanol–water partition coefficient (Wildman–Crippen LogP) is 1.87. The molecule has 72 valence electrons. The van der Waals surface area contributed by atoms with Gasteiger partial charge in [0.05, 0.1) is 28.9 Å². The molecule has 0 aromatic heterocycles.